The van der Waals surface area contributed by atoms with Gasteiger partial charge in [0.15, 0.2) is 0 Å². The Kier molecular flexibility index (Phi) is 5.23. The molecule has 0 bridgehead atoms. The summed E-state index contributed by atoms with van der Waals surface area (Å²) in [6, 6.07) is 5.17. The Bertz CT molecular complexity index is 505. The number of benzene rings is 1. The molecule has 0 aliphatic heterocycles. The summed E-state index contributed by atoms with van der Waals surface area (Å²) in [5.41, 5.74) is 6.25. The van der Waals surface area contributed by atoms with E-state index in [-0.39, 0.29) is 11.2 Å². The highest BCUT2D eigenvalue weighted by Gasteiger charge is 2.22. The second-order valence-electron chi connectivity index (χ2n) is 6.78. The molecule has 0 heterocycles. The lowest BCUT2D eigenvalue weighted by Crippen LogP contribution is -2.27. The van der Waals surface area contributed by atoms with Crippen LogP contribution in [0.3, 0.4) is 0 Å². The Morgan fingerprint density at radius 3 is 2.43 bits per heavy atom. The van der Waals surface area contributed by atoms with Gasteiger partial charge in [-0.3, -0.25) is 5.32 Å². The SMILES string of the molecule is CC(C)(C)OC(=O)Nc1cc(C(C)(C)CCN)ccc1O. The van der Waals surface area contributed by atoms with Gasteiger partial charge in [-0.25, -0.2) is 4.79 Å². The van der Waals surface area contributed by atoms with E-state index in [0.717, 1.165) is 12.0 Å². The molecule has 1 aromatic carbocycles. The molecule has 0 spiro atoms. The number of carbonyl (C=O) groups is 1. The number of anilines is 1. The van der Waals surface area contributed by atoms with Gasteiger partial charge in [-0.05, 0) is 56.8 Å². The highest BCUT2D eigenvalue weighted by atomic mass is 16.6. The fourth-order valence-corrected chi connectivity index (χ4v) is 1.98. The lowest BCUT2D eigenvalue weighted by molar-refractivity contribution is 0.0635. The lowest BCUT2D eigenvalue weighted by Gasteiger charge is -2.26. The van der Waals surface area contributed by atoms with Crippen LogP contribution in [0.2, 0.25) is 0 Å². The van der Waals surface area contributed by atoms with Gasteiger partial charge < -0.3 is 15.6 Å². The summed E-state index contributed by atoms with van der Waals surface area (Å²) in [7, 11) is 0. The molecule has 0 atom stereocenters. The van der Waals surface area contributed by atoms with Gasteiger partial charge in [-0.2, -0.15) is 0 Å². The summed E-state index contributed by atoms with van der Waals surface area (Å²) in [5, 5.41) is 12.5. The lowest BCUT2D eigenvalue weighted by atomic mass is 9.81. The van der Waals surface area contributed by atoms with Crippen molar-refractivity contribution in [1.82, 2.24) is 0 Å². The molecular formula is C16H26N2O3. The number of rotatable bonds is 4. The van der Waals surface area contributed by atoms with Crippen LogP contribution in [0.1, 0.15) is 46.6 Å². The molecule has 1 rings (SSSR count). The summed E-state index contributed by atoms with van der Waals surface area (Å²) in [5.74, 6) is 0.00755. The van der Waals surface area contributed by atoms with E-state index in [0.29, 0.717) is 12.2 Å². The maximum atomic E-state index is 11.8. The topological polar surface area (TPSA) is 84.6 Å². The predicted octanol–water partition coefficient (Wildman–Crippen LogP) is 3.37. The number of carbonyl (C=O) groups excluding carboxylic acids is 1. The first kappa shape index (κ1) is 17.3. The van der Waals surface area contributed by atoms with Crippen molar-refractivity contribution in [3.63, 3.8) is 0 Å². The molecule has 0 saturated heterocycles. The van der Waals surface area contributed by atoms with Gasteiger partial charge in [0.25, 0.3) is 0 Å². The molecule has 0 radical (unpaired) electrons. The first-order valence-corrected chi connectivity index (χ1v) is 7.09. The third-order valence-corrected chi connectivity index (χ3v) is 3.18. The molecular weight excluding hydrogens is 268 g/mol. The molecule has 0 unspecified atom stereocenters. The average molecular weight is 294 g/mol. The molecule has 0 fully saturated rings. The van der Waals surface area contributed by atoms with Crippen LogP contribution in [-0.2, 0) is 10.2 Å². The number of hydrogen-bond donors (Lipinski definition) is 3. The fourth-order valence-electron chi connectivity index (χ4n) is 1.98. The van der Waals surface area contributed by atoms with Crippen molar-refractivity contribution >= 4 is 11.8 Å². The molecule has 118 valence electrons. The maximum absolute atomic E-state index is 11.8. The van der Waals surface area contributed by atoms with Gasteiger partial charge in [-0.15, -0.1) is 0 Å². The van der Waals surface area contributed by atoms with Crippen LogP contribution in [0.15, 0.2) is 18.2 Å². The van der Waals surface area contributed by atoms with E-state index in [1.54, 1.807) is 32.9 Å². The number of phenolic OH excluding ortho intramolecular Hbond substituents is 1. The van der Waals surface area contributed by atoms with E-state index in [1.165, 1.54) is 0 Å². The largest absolute Gasteiger partial charge is 0.506 e. The molecule has 4 N–H and O–H groups in total. The highest BCUT2D eigenvalue weighted by molar-refractivity contribution is 5.87. The predicted molar refractivity (Wildman–Crippen MR) is 84.7 cm³/mol. The minimum absolute atomic E-state index is 0.00755. The van der Waals surface area contributed by atoms with Crippen molar-refractivity contribution in [2.75, 3.05) is 11.9 Å². The zero-order valence-electron chi connectivity index (χ0n) is 13.5. The molecule has 21 heavy (non-hydrogen) atoms. The Balaban J connectivity index is 2.95. The summed E-state index contributed by atoms with van der Waals surface area (Å²) in [4.78, 5) is 11.8. The van der Waals surface area contributed by atoms with Crippen molar-refractivity contribution in [1.29, 1.82) is 0 Å². The second kappa shape index (κ2) is 6.35. The van der Waals surface area contributed by atoms with E-state index in [9.17, 15) is 9.90 Å². The van der Waals surface area contributed by atoms with Crippen LogP contribution in [0.4, 0.5) is 10.5 Å². The Hall–Kier alpha value is -1.75. The minimum Gasteiger partial charge on any atom is -0.506 e. The molecule has 1 aromatic rings. The van der Waals surface area contributed by atoms with Crippen molar-refractivity contribution in [3.8, 4) is 5.75 Å². The van der Waals surface area contributed by atoms with Crippen LogP contribution < -0.4 is 11.1 Å². The molecule has 5 nitrogen and oxygen atoms in total. The quantitative estimate of drug-likeness (QED) is 0.743. The van der Waals surface area contributed by atoms with Crippen molar-refractivity contribution in [2.24, 2.45) is 5.73 Å². The standard InChI is InChI=1S/C16H26N2O3/c1-15(2,3)21-14(20)18-12-10-11(6-7-13(12)19)16(4,5)8-9-17/h6-7,10,19H,8-9,17H2,1-5H3,(H,18,20). The van der Waals surface area contributed by atoms with Gasteiger partial charge in [0.05, 0.1) is 5.69 Å². The number of ether oxygens (including phenoxy) is 1. The Labute approximate surface area is 126 Å². The summed E-state index contributed by atoms with van der Waals surface area (Å²) in [6.07, 6.45) is 0.218. The number of nitrogens with one attached hydrogen (secondary N) is 1. The summed E-state index contributed by atoms with van der Waals surface area (Å²) in [6.45, 7) is 10.1. The van der Waals surface area contributed by atoms with Crippen LogP contribution in [0.25, 0.3) is 0 Å². The van der Waals surface area contributed by atoms with E-state index in [4.69, 9.17) is 10.5 Å². The van der Waals surface area contributed by atoms with E-state index >= 15 is 0 Å². The number of amides is 1. The molecule has 0 aromatic heterocycles. The third-order valence-electron chi connectivity index (χ3n) is 3.18. The fraction of sp³-hybridized carbons (Fsp3) is 0.562. The van der Waals surface area contributed by atoms with Gasteiger partial charge >= 0.3 is 6.09 Å². The molecule has 1 amide bonds. The Morgan fingerprint density at radius 1 is 1.29 bits per heavy atom. The van der Waals surface area contributed by atoms with Crippen molar-refractivity contribution in [2.45, 2.75) is 52.1 Å². The van der Waals surface area contributed by atoms with Gasteiger partial charge in [0.1, 0.15) is 11.4 Å². The zero-order chi connectivity index (χ0) is 16.3. The molecule has 5 heteroatoms. The summed E-state index contributed by atoms with van der Waals surface area (Å²) >= 11 is 0. The van der Waals surface area contributed by atoms with Crippen LogP contribution >= 0.6 is 0 Å². The van der Waals surface area contributed by atoms with Gasteiger partial charge in [0, 0.05) is 0 Å². The Morgan fingerprint density at radius 2 is 1.90 bits per heavy atom. The molecule has 0 aliphatic carbocycles. The summed E-state index contributed by atoms with van der Waals surface area (Å²) < 4.78 is 5.19. The number of aromatic hydroxyl groups is 1. The molecule has 0 saturated carbocycles. The van der Waals surface area contributed by atoms with Crippen molar-refractivity contribution < 1.29 is 14.6 Å². The van der Waals surface area contributed by atoms with E-state index in [2.05, 4.69) is 19.2 Å². The monoisotopic (exact) mass is 294 g/mol. The second-order valence-corrected chi connectivity index (χ2v) is 6.78. The van der Waals surface area contributed by atoms with Crippen molar-refractivity contribution in [3.05, 3.63) is 23.8 Å². The first-order valence-electron chi connectivity index (χ1n) is 7.09. The number of nitrogens with two attached hydrogens (primary N) is 1. The normalized spacial score (nSPS) is 12.1. The van der Waals surface area contributed by atoms with Crippen LogP contribution in [0.5, 0.6) is 5.75 Å². The molecule has 0 aliphatic rings. The number of phenols is 1. The van der Waals surface area contributed by atoms with Gasteiger partial charge in [-0.1, -0.05) is 19.9 Å². The average Bonchev–Trinajstić information content (AvgIpc) is 2.29. The highest BCUT2D eigenvalue weighted by Crippen LogP contribution is 2.33. The minimum atomic E-state index is -0.591. The van der Waals surface area contributed by atoms with Crippen LogP contribution in [-0.4, -0.2) is 23.3 Å². The van der Waals surface area contributed by atoms with E-state index < -0.39 is 11.7 Å². The van der Waals surface area contributed by atoms with E-state index in [1.807, 2.05) is 6.07 Å². The third kappa shape index (κ3) is 5.27. The maximum Gasteiger partial charge on any atom is 0.412 e. The van der Waals surface area contributed by atoms with Crippen LogP contribution in [0, 0.1) is 0 Å². The van der Waals surface area contributed by atoms with Gasteiger partial charge in [0.2, 0.25) is 0 Å². The smallest absolute Gasteiger partial charge is 0.412 e. The number of hydrogen-bond acceptors (Lipinski definition) is 4. The first-order chi connectivity index (χ1) is 9.55. The zero-order valence-corrected chi connectivity index (χ0v) is 13.5.